The fourth-order valence-electron chi connectivity index (χ4n) is 3.47. The van der Waals surface area contributed by atoms with Crippen molar-refractivity contribution < 1.29 is 4.79 Å². The van der Waals surface area contributed by atoms with Crippen molar-refractivity contribution in [2.75, 3.05) is 14.1 Å². The second kappa shape index (κ2) is 7.00. The number of nitrogens with one attached hydrogen (secondary N) is 1. The number of para-hydroxylation sites is 1. The highest BCUT2D eigenvalue weighted by Gasteiger charge is 2.20. The highest BCUT2D eigenvalue weighted by atomic mass is 32.1. The highest BCUT2D eigenvalue weighted by Crippen LogP contribution is 2.26. The average Bonchev–Trinajstić information content (AvgIpc) is 3.19. The van der Waals surface area contributed by atoms with Gasteiger partial charge in [0.2, 0.25) is 0 Å². The molecule has 4 rings (SSSR count). The van der Waals surface area contributed by atoms with E-state index in [0.717, 1.165) is 26.2 Å². The molecule has 1 aromatic carbocycles. The van der Waals surface area contributed by atoms with Crippen LogP contribution in [0.2, 0.25) is 0 Å². The minimum Gasteiger partial charge on any atom is -0.360 e. The number of fused-ring (bicyclic) bond motifs is 2. The van der Waals surface area contributed by atoms with E-state index < -0.39 is 0 Å². The number of hydrogen-bond acceptors (Lipinski definition) is 5. The number of carbonyl (C=O) groups excluding carboxylic acids is 1. The van der Waals surface area contributed by atoms with E-state index in [4.69, 9.17) is 4.98 Å². The van der Waals surface area contributed by atoms with Crippen LogP contribution in [-0.2, 0) is 13.1 Å². The van der Waals surface area contributed by atoms with Gasteiger partial charge in [0.05, 0.1) is 18.5 Å². The number of H-pyrrole nitrogens is 1. The lowest BCUT2D eigenvalue weighted by Gasteiger charge is -2.15. The molecule has 0 saturated carbocycles. The lowest BCUT2D eigenvalue weighted by molar-refractivity contribution is 0.0970. The lowest BCUT2D eigenvalue weighted by atomic mass is 10.1. The monoisotopic (exact) mass is 394 g/mol. The number of aryl methyl sites for hydroxylation is 2. The zero-order chi connectivity index (χ0) is 20.0. The predicted molar refractivity (Wildman–Crippen MR) is 113 cm³/mol. The van der Waals surface area contributed by atoms with Crippen molar-refractivity contribution in [3.63, 3.8) is 0 Å². The van der Waals surface area contributed by atoms with Crippen molar-refractivity contribution in [1.82, 2.24) is 19.4 Å². The van der Waals surface area contributed by atoms with Crippen LogP contribution in [0.25, 0.3) is 21.1 Å². The van der Waals surface area contributed by atoms with Gasteiger partial charge in [0.15, 0.2) is 5.78 Å². The molecule has 3 aromatic heterocycles. The standard InChI is InChI=1S/C21H22N4O2S/c1-12-13(2)28-20-19(12)21(27)25(18(23-20)11-24(3)4)10-17(26)15-9-22-16-8-6-5-7-14(15)16/h5-9,22H,10-11H2,1-4H3. The molecule has 7 heteroatoms. The number of carbonyl (C=O) groups is 1. The molecule has 144 valence electrons. The Morgan fingerprint density at radius 1 is 1.25 bits per heavy atom. The van der Waals surface area contributed by atoms with Gasteiger partial charge in [0.25, 0.3) is 5.56 Å². The van der Waals surface area contributed by atoms with Crippen molar-refractivity contribution in [3.05, 3.63) is 62.6 Å². The number of thiophene rings is 1. The van der Waals surface area contributed by atoms with Crippen molar-refractivity contribution >= 4 is 38.2 Å². The zero-order valence-corrected chi connectivity index (χ0v) is 17.2. The summed E-state index contributed by atoms with van der Waals surface area (Å²) in [6, 6.07) is 7.67. The smallest absolute Gasteiger partial charge is 0.263 e. The third-order valence-electron chi connectivity index (χ3n) is 5.02. The van der Waals surface area contributed by atoms with E-state index >= 15 is 0 Å². The molecule has 3 heterocycles. The average molecular weight is 395 g/mol. The highest BCUT2D eigenvalue weighted by molar-refractivity contribution is 7.18. The fourth-order valence-corrected chi connectivity index (χ4v) is 4.51. The van der Waals surface area contributed by atoms with Crippen molar-refractivity contribution in [2.45, 2.75) is 26.9 Å². The van der Waals surface area contributed by atoms with Gasteiger partial charge in [-0.25, -0.2) is 4.98 Å². The van der Waals surface area contributed by atoms with E-state index in [1.165, 1.54) is 15.9 Å². The summed E-state index contributed by atoms with van der Waals surface area (Å²) in [4.78, 5) is 38.0. The Hall–Kier alpha value is -2.77. The Kier molecular flexibility index (Phi) is 4.64. The number of benzene rings is 1. The molecule has 1 N–H and O–H groups in total. The molecule has 28 heavy (non-hydrogen) atoms. The Morgan fingerprint density at radius 2 is 2.00 bits per heavy atom. The molecule has 0 bridgehead atoms. The Balaban J connectivity index is 1.84. The van der Waals surface area contributed by atoms with Crippen LogP contribution >= 0.6 is 11.3 Å². The molecule has 0 radical (unpaired) electrons. The first-order valence-electron chi connectivity index (χ1n) is 9.10. The van der Waals surface area contributed by atoms with E-state index in [2.05, 4.69) is 4.98 Å². The van der Waals surface area contributed by atoms with Gasteiger partial charge >= 0.3 is 0 Å². The van der Waals surface area contributed by atoms with Crippen molar-refractivity contribution in [1.29, 1.82) is 0 Å². The first-order valence-corrected chi connectivity index (χ1v) is 9.92. The third-order valence-corrected chi connectivity index (χ3v) is 6.12. The van der Waals surface area contributed by atoms with E-state index in [9.17, 15) is 9.59 Å². The topological polar surface area (TPSA) is 71.0 Å². The van der Waals surface area contributed by atoms with Crippen LogP contribution in [-0.4, -0.2) is 39.3 Å². The molecule has 0 spiro atoms. The Morgan fingerprint density at radius 3 is 2.75 bits per heavy atom. The number of aromatic nitrogens is 3. The summed E-state index contributed by atoms with van der Waals surface area (Å²) in [6.45, 7) is 4.40. The molecule has 0 saturated heterocycles. The zero-order valence-electron chi connectivity index (χ0n) is 16.4. The summed E-state index contributed by atoms with van der Waals surface area (Å²) in [5.41, 5.74) is 2.31. The van der Waals surface area contributed by atoms with Crippen LogP contribution in [0.15, 0.2) is 35.3 Å². The first-order chi connectivity index (χ1) is 13.4. The second-order valence-corrected chi connectivity index (χ2v) is 8.49. The summed E-state index contributed by atoms with van der Waals surface area (Å²) >= 11 is 1.53. The summed E-state index contributed by atoms with van der Waals surface area (Å²) in [7, 11) is 3.85. The van der Waals surface area contributed by atoms with E-state index in [1.54, 1.807) is 6.20 Å². The van der Waals surface area contributed by atoms with Crippen LogP contribution in [0.1, 0.15) is 26.6 Å². The number of nitrogens with zero attached hydrogens (tertiary/aromatic N) is 3. The maximum absolute atomic E-state index is 13.3. The largest absolute Gasteiger partial charge is 0.360 e. The molecule has 0 aliphatic rings. The van der Waals surface area contributed by atoms with Crippen LogP contribution < -0.4 is 5.56 Å². The molecule has 0 aliphatic heterocycles. The molecular formula is C21H22N4O2S. The van der Waals surface area contributed by atoms with Crippen molar-refractivity contribution in [2.24, 2.45) is 0 Å². The fraction of sp³-hybridized carbons (Fsp3) is 0.286. The maximum atomic E-state index is 13.3. The summed E-state index contributed by atoms with van der Waals surface area (Å²) in [5, 5.41) is 1.49. The van der Waals surface area contributed by atoms with Gasteiger partial charge in [-0.15, -0.1) is 11.3 Å². The van der Waals surface area contributed by atoms with E-state index in [1.807, 2.05) is 57.1 Å². The van der Waals surface area contributed by atoms with Gasteiger partial charge in [-0.3, -0.25) is 14.2 Å². The van der Waals surface area contributed by atoms with Gasteiger partial charge in [-0.2, -0.15) is 0 Å². The molecule has 0 amide bonds. The second-order valence-electron chi connectivity index (χ2n) is 7.29. The molecule has 0 atom stereocenters. The number of ketones is 1. The molecule has 6 nitrogen and oxygen atoms in total. The third kappa shape index (κ3) is 3.06. The van der Waals surface area contributed by atoms with Crippen LogP contribution in [0, 0.1) is 13.8 Å². The SMILES string of the molecule is Cc1sc2nc(CN(C)C)n(CC(=O)c3c[nH]c4ccccc34)c(=O)c2c1C. The lowest BCUT2D eigenvalue weighted by Crippen LogP contribution is -2.31. The van der Waals surface area contributed by atoms with Gasteiger partial charge in [0.1, 0.15) is 10.7 Å². The number of aromatic amines is 1. The normalized spacial score (nSPS) is 11.8. The number of rotatable bonds is 5. The van der Waals surface area contributed by atoms with Crippen LogP contribution in [0.5, 0.6) is 0 Å². The summed E-state index contributed by atoms with van der Waals surface area (Å²) < 4.78 is 1.53. The Bertz CT molecular complexity index is 1260. The van der Waals surface area contributed by atoms with E-state index in [-0.39, 0.29) is 17.9 Å². The minimum absolute atomic E-state index is 0.0267. The van der Waals surface area contributed by atoms with E-state index in [0.29, 0.717) is 23.3 Å². The quantitative estimate of drug-likeness (QED) is 0.526. The van der Waals surface area contributed by atoms with Gasteiger partial charge < -0.3 is 9.88 Å². The molecule has 4 aromatic rings. The van der Waals surface area contributed by atoms with Crippen LogP contribution in [0.4, 0.5) is 0 Å². The van der Waals surface area contributed by atoms with Crippen molar-refractivity contribution in [3.8, 4) is 0 Å². The van der Waals surface area contributed by atoms with Gasteiger partial charge in [-0.05, 0) is 39.6 Å². The maximum Gasteiger partial charge on any atom is 0.263 e. The molecule has 0 aliphatic carbocycles. The molecule has 0 fully saturated rings. The predicted octanol–water partition coefficient (Wildman–Crippen LogP) is 3.50. The van der Waals surface area contributed by atoms with Gasteiger partial charge in [-0.1, -0.05) is 18.2 Å². The minimum atomic E-state index is -0.142. The summed E-state index contributed by atoms with van der Waals surface area (Å²) in [6.07, 6.45) is 1.72. The first kappa shape index (κ1) is 18.6. The molecular weight excluding hydrogens is 372 g/mol. The number of hydrogen-bond donors (Lipinski definition) is 1. The Labute approximate surface area is 166 Å². The van der Waals surface area contributed by atoms with Crippen LogP contribution in [0.3, 0.4) is 0 Å². The molecule has 0 unspecified atom stereocenters. The van der Waals surface area contributed by atoms with Gasteiger partial charge in [0, 0.05) is 27.5 Å². The summed E-state index contributed by atoms with van der Waals surface area (Å²) in [5.74, 6) is 0.502. The number of Topliss-reactive ketones (excluding diaryl/α,β-unsaturated/α-hetero) is 1.